The maximum atomic E-state index is 13.5. The smallest absolute Gasteiger partial charge is 0.407 e. The number of aliphatic hydroxyl groups is 1. The summed E-state index contributed by atoms with van der Waals surface area (Å²) in [5.41, 5.74) is 2.53. The largest absolute Gasteiger partial charge is 0.497 e. The van der Waals surface area contributed by atoms with Crippen LogP contribution in [-0.4, -0.2) is 62.0 Å². The number of methoxy groups -OCH3 is 2. The molecule has 4 aromatic rings. The number of alkyl carbamates (subject to hydrolysis) is 1. The monoisotopic (exact) mass is 666 g/mol. The lowest BCUT2D eigenvalue weighted by molar-refractivity contribution is -0.131. The van der Waals surface area contributed by atoms with Gasteiger partial charge in [-0.25, -0.2) is 4.79 Å². The number of likely N-dealkylation sites (tertiary alicyclic amines) is 1. The molecule has 1 heterocycles. The molecular formula is C40H46N2O7. The van der Waals surface area contributed by atoms with Crippen LogP contribution in [0.4, 0.5) is 4.79 Å². The lowest BCUT2D eigenvalue weighted by Crippen LogP contribution is -2.45. The molecular weight excluding hydrogens is 620 g/mol. The van der Waals surface area contributed by atoms with Crippen LogP contribution in [-0.2, 0) is 33.1 Å². The van der Waals surface area contributed by atoms with E-state index in [1.54, 1.807) is 19.1 Å². The summed E-state index contributed by atoms with van der Waals surface area (Å²) in [5.74, 6) is 0.934. The van der Waals surface area contributed by atoms with Crippen molar-refractivity contribution in [3.63, 3.8) is 0 Å². The third-order valence-corrected chi connectivity index (χ3v) is 9.06. The average Bonchev–Trinajstić information content (AvgIpc) is 3.55. The molecule has 0 spiro atoms. The quantitative estimate of drug-likeness (QED) is 0.132. The summed E-state index contributed by atoms with van der Waals surface area (Å²) in [5, 5.41) is 14.5. The molecule has 2 amide bonds. The van der Waals surface area contributed by atoms with E-state index in [-0.39, 0.29) is 19.1 Å². The van der Waals surface area contributed by atoms with Crippen LogP contribution in [0.3, 0.4) is 0 Å². The zero-order chi connectivity index (χ0) is 34.5. The van der Waals surface area contributed by atoms with Crippen molar-refractivity contribution in [3.05, 3.63) is 131 Å². The minimum Gasteiger partial charge on any atom is -0.497 e. The van der Waals surface area contributed by atoms with Gasteiger partial charge in [0.15, 0.2) is 0 Å². The van der Waals surface area contributed by atoms with E-state index in [1.807, 2.05) is 109 Å². The van der Waals surface area contributed by atoms with Crippen molar-refractivity contribution in [1.29, 1.82) is 0 Å². The van der Waals surface area contributed by atoms with Crippen LogP contribution in [0.1, 0.15) is 47.9 Å². The van der Waals surface area contributed by atoms with Gasteiger partial charge in [0.25, 0.3) is 0 Å². The van der Waals surface area contributed by atoms with E-state index < -0.39 is 23.7 Å². The lowest BCUT2D eigenvalue weighted by atomic mass is 9.74. The standard InChI is InChI=1S/C40H46N2O7/c1-46-34-21-17-32(18-22-34)40(33-19-23-35(47-2)24-20-33,49-29-31-14-8-4-9-15-31)36-26-42(27-37(36)43)38(44)16-10-5-11-25-41-39(45)48-28-30-12-6-3-7-13-30/h3-4,6-9,12-15,17-24,36-37,43H,5,10-11,16,25-29H2,1-2H3,(H,41,45). The molecule has 0 radical (unpaired) electrons. The highest BCUT2D eigenvalue weighted by molar-refractivity contribution is 5.76. The zero-order valence-electron chi connectivity index (χ0n) is 28.3. The molecule has 2 atom stereocenters. The first-order valence-corrected chi connectivity index (χ1v) is 16.8. The van der Waals surface area contributed by atoms with Crippen molar-refractivity contribution in [1.82, 2.24) is 10.2 Å². The number of amides is 2. The van der Waals surface area contributed by atoms with Gasteiger partial charge < -0.3 is 34.3 Å². The van der Waals surface area contributed by atoms with Crippen molar-refractivity contribution in [2.45, 2.75) is 50.6 Å². The van der Waals surface area contributed by atoms with Crippen LogP contribution < -0.4 is 14.8 Å². The van der Waals surface area contributed by atoms with Gasteiger partial charge in [-0.2, -0.15) is 0 Å². The van der Waals surface area contributed by atoms with Crippen LogP contribution >= 0.6 is 0 Å². The second-order valence-corrected chi connectivity index (χ2v) is 12.2. The van der Waals surface area contributed by atoms with E-state index in [1.165, 1.54) is 0 Å². The molecule has 258 valence electrons. The number of hydrogen-bond acceptors (Lipinski definition) is 7. The fourth-order valence-electron chi connectivity index (χ4n) is 6.41. The molecule has 1 aliphatic rings. The van der Waals surface area contributed by atoms with Gasteiger partial charge in [0.2, 0.25) is 5.91 Å². The van der Waals surface area contributed by atoms with E-state index >= 15 is 0 Å². The SMILES string of the molecule is COc1ccc(C(OCc2ccccc2)(c2ccc(OC)cc2)C2CN(C(=O)CCCCCNC(=O)OCc3ccccc3)CC2O)cc1. The second-order valence-electron chi connectivity index (χ2n) is 12.2. The van der Waals surface area contributed by atoms with Gasteiger partial charge in [0.05, 0.1) is 26.9 Å². The Morgan fingerprint density at radius 1 is 0.735 bits per heavy atom. The van der Waals surface area contributed by atoms with Crippen molar-refractivity contribution >= 4 is 12.0 Å². The summed E-state index contributed by atoms with van der Waals surface area (Å²) in [7, 11) is 3.25. The van der Waals surface area contributed by atoms with Crippen LogP contribution in [0.5, 0.6) is 11.5 Å². The molecule has 0 saturated carbocycles. The Morgan fingerprint density at radius 2 is 1.29 bits per heavy atom. The first kappa shape index (κ1) is 35.4. The number of benzene rings is 4. The Kier molecular flexibility index (Phi) is 12.7. The van der Waals surface area contributed by atoms with Crippen molar-refractivity contribution in [3.8, 4) is 11.5 Å². The summed E-state index contributed by atoms with van der Waals surface area (Å²) in [4.78, 5) is 27.3. The second kappa shape index (κ2) is 17.5. The molecule has 1 fully saturated rings. The van der Waals surface area contributed by atoms with Crippen molar-refractivity contribution in [2.24, 2.45) is 5.92 Å². The van der Waals surface area contributed by atoms with Crippen molar-refractivity contribution in [2.75, 3.05) is 33.9 Å². The first-order valence-electron chi connectivity index (χ1n) is 16.8. The number of carbonyl (C=O) groups excluding carboxylic acids is 2. The molecule has 1 saturated heterocycles. The van der Waals surface area contributed by atoms with E-state index in [4.69, 9.17) is 18.9 Å². The molecule has 0 aromatic heterocycles. The molecule has 5 rings (SSSR count). The Balaban J connectivity index is 1.25. The van der Waals surface area contributed by atoms with Crippen LogP contribution in [0.15, 0.2) is 109 Å². The summed E-state index contributed by atoms with van der Waals surface area (Å²) in [6.07, 6.45) is 1.22. The van der Waals surface area contributed by atoms with Gasteiger partial charge in [-0.05, 0) is 59.4 Å². The van der Waals surface area contributed by atoms with Gasteiger partial charge in [-0.3, -0.25) is 4.79 Å². The fraction of sp³-hybridized carbons (Fsp3) is 0.350. The number of ether oxygens (including phenoxy) is 4. The van der Waals surface area contributed by atoms with Gasteiger partial charge >= 0.3 is 6.09 Å². The highest BCUT2D eigenvalue weighted by atomic mass is 16.5. The van der Waals surface area contributed by atoms with Crippen LogP contribution in [0, 0.1) is 5.92 Å². The number of unbranched alkanes of at least 4 members (excludes halogenated alkanes) is 2. The van der Waals surface area contributed by atoms with Gasteiger partial charge in [-0.15, -0.1) is 0 Å². The molecule has 1 aliphatic heterocycles. The number of hydrogen-bond donors (Lipinski definition) is 2. The van der Waals surface area contributed by atoms with Crippen LogP contribution in [0.25, 0.3) is 0 Å². The number of aliphatic hydroxyl groups excluding tert-OH is 1. The molecule has 9 heteroatoms. The van der Waals surface area contributed by atoms with E-state index in [0.29, 0.717) is 44.0 Å². The number of nitrogens with zero attached hydrogens (tertiary/aromatic N) is 1. The maximum Gasteiger partial charge on any atom is 0.407 e. The highest BCUT2D eigenvalue weighted by Gasteiger charge is 2.51. The normalized spacial score (nSPS) is 15.9. The molecule has 0 bridgehead atoms. The Labute approximate surface area is 288 Å². The van der Waals surface area contributed by atoms with Crippen LogP contribution in [0.2, 0.25) is 0 Å². The first-order chi connectivity index (χ1) is 23.9. The van der Waals surface area contributed by atoms with E-state index in [2.05, 4.69) is 5.32 Å². The number of rotatable bonds is 16. The molecule has 0 aliphatic carbocycles. The van der Waals surface area contributed by atoms with Gasteiger partial charge in [0.1, 0.15) is 23.7 Å². The predicted octanol–water partition coefficient (Wildman–Crippen LogP) is 6.47. The highest BCUT2D eigenvalue weighted by Crippen LogP contribution is 2.46. The summed E-state index contributed by atoms with van der Waals surface area (Å²) in [6.45, 7) is 1.52. The summed E-state index contributed by atoms with van der Waals surface area (Å²) < 4.78 is 23.2. The number of nitrogens with one attached hydrogen (secondary N) is 1. The minimum atomic E-state index is -1.09. The zero-order valence-corrected chi connectivity index (χ0v) is 28.3. The third kappa shape index (κ3) is 9.19. The van der Waals surface area contributed by atoms with E-state index in [9.17, 15) is 14.7 Å². The van der Waals surface area contributed by atoms with Gasteiger partial charge in [0, 0.05) is 32.0 Å². The molecule has 2 unspecified atom stereocenters. The number of carbonyl (C=O) groups is 2. The maximum absolute atomic E-state index is 13.5. The third-order valence-electron chi connectivity index (χ3n) is 9.06. The average molecular weight is 667 g/mol. The Morgan fingerprint density at radius 3 is 1.84 bits per heavy atom. The summed E-state index contributed by atoms with van der Waals surface area (Å²) in [6, 6.07) is 34.9. The topological polar surface area (TPSA) is 107 Å². The molecule has 2 N–H and O–H groups in total. The van der Waals surface area contributed by atoms with Gasteiger partial charge in [-0.1, -0.05) is 91.3 Å². The lowest BCUT2D eigenvalue weighted by Gasteiger charge is -2.41. The minimum absolute atomic E-state index is 0.0156. The molecule has 4 aromatic carbocycles. The number of β-amino-alcohol motifs (C(OH)–C–C–N with tert-alkyl or cyclic N) is 1. The van der Waals surface area contributed by atoms with E-state index in [0.717, 1.165) is 35.1 Å². The molecule has 49 heavy (non-hydrogen) atoms. The Hall–Kier alpha value is -4.86. The summed E-state index contributed by atoms with van der Waals surface area (Å²) >= 11 is 0. The van der Waals surface area contributed by atoms with Crippen molar-refractivity contribution < 1.29 is 33.6 Å². The molecule has 9 nitrogen and oxygen atoms in total. The fourth-order valence-corrected chi connectivity index (χ4v) is 6.41. The Bertz CT molecular complexity index is 1550. The predicted molar refractivity (Wildman–Crippen MR) is 187 cm³/mol.